The molecular formula is C16H13Cl2N3. The number of halogens is 2. The molecule has 0 saturated carbocycles. The van der Waals surface area contributed by atoms with Crippen molar-refractivity contribution in [2.75, 3.05) is 5.73 Å². The molecule has 106 valence electrons. The van der Waals surface area contributed by atoms with E-state index in [4.69, 9.17) is 28.9 Å². The van der Waals surface area contributed by atoms with Crippen LogP contribution in [-0.4, -0.2) is 9.78 Å². The molecule has 0 atom stereocenters. The van der Waals surface area contributed by atoms with E-state index in [-0.39, 0.29) is 0 Å². The Balaban J connectivity index is 2.27. The molecule has 2 aromatic carbocycles. The molecule has 3 nitrogen and oxygen atoms in total. The standard InChI is InChI=1S/C16H13Cl2N3/c1-21-16(19)14(10-5-3-2-4-6-10)15(20-21)12-8-7-11(17)9-13(12)18/h2-9H,19H2,1H3. The zero-order chi connectivity index (χ0) is 15.0. The molecule has 0 fully saturated rings. The second kappa shape index (κ2) is 5.43. The van der Waals surface area contributed by atoms with Crippen LogP contribution < -0.4 is 5.73 Å². The fraction of sp³-hybridized carbons (Fsp3) is 0.0625. The van der Waals surface area contributed by atoms with Crippen molar-refractivity contribution < 1.29 is 0 Å². The first-order valence-electron chi connectivity index (χ1n) is 6.41. The third-order valence-corrected chi connectivity index (χ3v) is 3.89. The number of anilines is 1. The van der Waals surface area contributed by atoms with Gasteiger partial charge in [0, 0.05) is 17.6 Å². The highest BCUT2D eigenvalue weighted by molar-refractivity contribution is 6.36. The van der Waals surface area contributed by atoms with Crippen LogP contribution in [0.4, 0.5) is 5.82 Å². The lowest BCUT2D eigenvalue weighted by molar-refractivity contribution is 0.782. The first-order valence-corrected chi connectivity index (χ1v) is 7.17. The van der Waals surface area contributed by atoms with Crippen molar-refractivity contribution in [1.82, 2.24) is 9.78 Å². The quantitative estimate of drug-likeness (QED) is 0.748. The van der Waals surface area contributed by atoms with E-state index >= 15 is 0 Å². The molecule has 0 aliphatic rings. The predicted octanol–water partition coefficient (Wildman–Crippen LogP) is 4.64. The summed E-state index contributed by atoms with van der Waals surface area (Å²) in [5, 5.41) is 5.66. The van der Waals surface area contributed by atoms with Crippen LogP contribution in [0.1, 0.15) is 0 Å². The van der Waals surface area contributed by atoms with Crippen molar-refractivity contribution in [1.29, 1.82) is 0 Å². The van der Waals surface area contributed by atoms with E-state index in [1.54, 1.807) is 16.8 Å². The van der Waals surface area contributed by atoms with Crippen LogP contribution in [0.25, 0.3) is 22.4 Å². The van der Waals surface area contributed by atoms with Gasteiger partial charge in [-0.25, -0.2) is 0 Å². The van der Waals surface area contributed by atoms with Gasteiger partial charge in [-0.1, -0.05) is 53.5 Å². The number of nitrogen functional groups attached to an aromatic ring is 1. The smallest absolute Gasteiger partial charge is 0.129 e. The van der Waals surface area contributed by atoms with Crippen molar-refractivity contribution in [3.8, 4) is 22.4 Å². The van der Waals surface area contributed by atoms with Gasteiger partial charge in [0.05, 0.1) is 10.6 Å². The normalized spacial score (nSPS) is 10.8. The van der Waals surface area contributed by atoms with E-state index in [2.05, 4.69) is 5.10 Å². The molecule has 0 aliphatic carbocycles. The largest absolute Gasteiger partial charge is 0.383 e. The van der Waals surface area contributed by atoms with Crippen molar-refractivity contribution in [2.24, 2.45) is 7.05 Å². The SMILES string of the molecule is Cn1nc(-c2ccc(Cl)cc2Cl)c(-c2ccccc2)c1N. The number of benzene rings is 2. The summed E-state index contributed by atoms with van der Waals surface area (Å²) in [4.78, 5) is 0. The van der Waals surface area contributed by atoms with Gasteiger partial charge in [-0.2, -0.15) is 5.10 Å². The third kappa shape index (κ3) is 2.50. The summed E-state index contributed by atoms with van der Waals surface area (Å²) in [6.07, 6.45) is 0. The Morgan fingerprint density at radius 1 is 1.05 bits per heavy atom. The lowest BCUT2D eigenvalue weighted by Crippen LogP contribution is -1.97. The highest BCUT2D eigenvalue weighted by Gasteiger charge is 2.19. The summed E-state index contributed by atoms with van der Waals surface area (Å²) in [6.45, 7) is 0. The highest BCUT2D eigenvalue weighted by Crippen LogP contribution is 2.39. The Morgan fingerprint density at radius 3 is 2.43 bits per heavy atom. The predicted molar refractivity (Wildman–Crippen MR) is 88.5 cm³/mol. The Labute approximate surface area is 132 Å². The summed E-state index contributed by atoms with van der Waals surface area (Å²) >= 11 is 12.3. The number of aromatic nitrogens is 2. The molecule has 0 saturated heterocycles. The molecule has 1 heterocycles. The van der Waals surface area contributed by atoms with Crippen molar-refractivity contribution in [3.63, 3.8) is 0 Å². The minimum absolute atomic E-state index is 0.554. The topological polar surface area (TPSA) is 43.8 Å². The van der Waals surface area contributed by atoms with Crippen LogP contribution >= 0.6 is 23.2 Å². The van der Waals surface area contributed by atoms with Gasteiger partial charge >= 0.3 is 0 Å². The molecule has 0 aliphatic heterocycles. The fourth-order valence-corrected chi connectivity index (χ4v) is 2.79. The molecule has 1 aromatic heterocycles. The molecule has 5 heteroatoms. The number of hydrogen-bond donors (Lipinski definition) is 1. The molecular weight excluding hydrogens is 305 g/mol. The molecule has 0 spiro atoms. The van der Waals surface area contributed by atoms with Gasteiger partial charge in [-0.3, -0.25) is 4.68 Å². The second-order valence-electron chi connectivity index (χ2n) is 4.72. The molecule has 3 rings (SSSR count). The first-order chi connectivity index (χ1) is 10.1. The fourth-order valence-electron chi connectivity index (χ4n) is 2.30. The molecule has 3 aromatic rings. The second-order valence-corrected chi connectivity index (χ2v) is 5.57. The number of nitrogens with zero attached hydrogens (tertiary/aromatic N) is 2. The van der Waals surface area contributed by atoms with Gasteiger partial charge in [0.2, 0.25) is 0 Å². The van der Waals surface area contributed by atoms with E-state index in [1.165, 1.54) is 0 Å². The molecule has 0 radical (unpaired) electrons. The molecule has 2 N–H and O–H groups in total. The lowest BCUT2D eigenvalue weighted by Gasteiger charge is -2.06. The lowest BCUT2D eigenvalue weighted by atomic mass is 10.0. The maximum Gasteiger partial charge on any atom is 0.129 e. The van der Waals surface area contributed by atoms with Crippen LogP contribution in [0.15, 0.2) is 48.5 Å². The molecule has 0 bridgehead atoms. The van der Waals surface area contributed by atoms with Crippen LogP contribution in [0.3, 0.4) is 0 Å². The first kappa shape index (κ1) is 14.0. The van der Waals surface area contributed by atoms with E-state index in [0.29, 0.717) is 15.9 Å². The third-order valence-electron chi connectivity index (χ3n) is 3.34. The number of nitrogens with two attached hydrogens (primary N) is 1. The minimum Gasteiger partial charge on any atom is -0.383 e. The van der Waals surface area contributed by atoms with Gasteiger partial charge < -0.3 is 5.73 Å². The van der Waals surface area contributed by atoms with Gasteiger partial charge in [0.15, 0.2) is 0 Å². The molecule has 21 heavy (non-hydrogen) atoms. The summed E-state index contributed by atoms with van der Waals surface area (Å²) in [6, 6.07) is 15.3. The maximum atomic E-state index is 6.31. The Kier molecular flexibility index (Phi) is 3.62. The number of aryl methyl sites for hydroxylation is 1. The van der Waals surface area contributed by atoms with Crippen LogP contribution in [0, 0.1) is 0 Å². The molecule has 0 amide bonds. The summed E-state index contributed by atoms with van der Waals surface area (Å²) in [5.74, 6) is 0.599. The zero-order valence-corrected chi connectivity index (χ0v) is 12.9. The Hall–Kier alpha value is -1.97. The van der Waals surface area contributed by atoms with Crippen LogP contribution in [-0.2, 0) is 7.05 Å². The maximum absolute atomic E-state index is 6.31. The van der Waals surface area contributed by atoms with E-state index in [1.807, 2.05) is 43.4 Å². The highest BCUT2D eigenvalue weighted by atomic mass is 35.5. The summed E-state index contributed by atoms with van der Waals surface area (Å²) in [5.41, 5.74) is 9.63. The minimum atomic E-state index is 0.554. The summed E-state index contributed by atoms with van der Waals surface area (Å²) in [7, 11) is 1.81. The average molecular weight is 318 g/mol. The van der Waals surface area contributed by atoms with Crippen LogP contribution in [0.5, 0.6) is 0 Å². The summed E-state index contributed by atoms with van der Waals surface area (Å²) < 4.78 is 1.66. The van der Waals surface area contributed by atoms with Crippen molar-refractivity contribution >= 4 is 29.0 Å². The average Bonchev–Trinajstić information content (AvgIpc) is 2.75. The molecule has 0 unspecified atom stereocenters. The number of hydrogen-bond acceptors (Lipinski definition) is 2. The van der Waals surface area contributed by atoms with Crippen molar-refractivity contribution in [3.05, 3.63) is 58.6 Å². The van der Waals surface area contributed by atoms with Crippen molar-refractivity contribution in [2.45, 2.75) is 0 Å². The van der Waals surface area contributed by atoms with Gasteiger partial charge in [0.25, 0.3) is 0 Å². The Bertz CT molecular complexity index is 795. The Morgan fingerprint density at radius 2 is 1.76 bits per heavy atom. The van der Waals surface area contributed by atoms with Crippen LogP contribution in [0.2, 0.25) is 10.0 Å². The van der Waals surface area contributed by atoms with E-state index < -0.39 is 0 Å². The van der Waals surface area contributed by atoms with E-state index in [9.17, 15) is 0 Å². The monoisotopic (exact) mass is 317 g/mol. The van der Waals surface area contributed by atoms with Gasteiger partial charge in [-0.05, 0) is 23.8 Å². The van der Waals surface area contributed by atoms with E-state index in [0.717, 1.165) is 22.4 Å². The number of rotatable bonds is 2. The van der Waals surface area contributed by atoms with Gasteiger partial charge in [0.1, 0.15) is 11.5 Å². The zero-order valence-electron chi connectivity index (χ0n) is 11.3. The van der Waals surface area contributed by atoms with Gasteiger partial charge in [-0.15, -0.1) is 0 Å².